The van der Waals surface area contributed by atoms with E-state index in [9.17, 15) is 4.79 Å². The first-order valence-corrected chi connectivity index (χ1v) is 9.15. The Morgan fingerprint density at radius 3 is 2.69 bits per heavy atom. The van der Waals surface area contributed by atoms with Gasteiger partial charge < -0.3 is 15.0 Å². The van der Waals surface area contributed by atoms with Crippen molar-refractivity contribution in [2.45, 2.75) is 31.3 Å². The molecule has 2 amide bonds. The zero-order valence-corrected chi connectivity index (χ0v) is 15.0. The molecule has 0 saturated carbocycles. The first-order chi connectivity index (χ1) is 12.7. The number of nitrogens with one attached hydrogen (secondary N) is 1. The summed E-state index contributed by atoms with van der Waals surface area (Å²) in [4.78, 5) is 21.1. The van der Waals surface area contributed by atoms with Crippen molar-refractivity contribution in [3.8, 4) is 11.5 Å². The number of hydrogen-bond donors (Lipinski definition) is 1. The fraction of sp³-hybridized carbons (Fsp3) is 0.400. The average Bonchev–Trinajstić information content (AvgIpc) is 2.89. The maximum absolute atomic E-state index is 12.6. The second-order valence-electron chi connectivity index (χ2n) is 7.03. The van der Waals surface area contributed by atoms with Crippen LogP contribution in [0, 0.1) is 0 Å². The highest BCUT2D eigenvalue weighted by Crippen LogP contribution is 2.29. The number of benzene rings is 1. The van der Waals surface area contributed by atoms with Crippen LogP contribution in [-0.2, 0) is 0 Å². The number of rotatable bonds is 3. The van der Waals surface area contributed by atoms with E-state index < -0.39 is 0 Å². The Hall–Kier alpha value is -2.60. The topological polar surface area (TPSA) is 57.7 Å². The summed E-state index contributed by atoms with van der Waals surface area (Å²) in [5.74, 6) is 1.40. The number of likely N-dealkylation sites (tertiary alicyclic amines) is 1. The van der Waals surface area contributed by atoms with E-state index in [0.29, 0.717) is 23.6 Å². The molecule has 6 heteroatoms. The molecule has 0 radical (unpaired) electrons. The van der Waals surface area contributed by atoms with Crippen LogP contribution in [0.25, 0.3) is 0 Å². The van der Waals surface area contributed by atoms with Crippen LogP contribution in [0.2, 0.25) is 0 Å². The van der Waals surface area contributed by atoms with Crippen molar-refractivity contribution < 1.29 is 9.53 Å². The minimum atomic E-state index is -0.0214. The van der Waals surface area contributed by atoms with E-state index in [2.05, 4.69) is 22.2 Å². The van der Waals surface area contributed by atoms with Crippen molar-refractivity contribution in [2.75, 3.05) is 25.5 Å². The number of nitrogens with zero attached hydrogens (tertiary/aromatic N) is 3. The first kappa shape index (κ1) is 16.8. The molecule has 0 aliphatic carbocycles. The van der Waals surface area contributed by atoms with E-state index in [1.54, 1.807) is 12.4 Å². The standard InChI is InChI=1S/C20H24N4O2/c1-23-16-6-7-17(23)14-24(12-10-16)20(25)22-15-4-8-18(9-5-15)26-19-3-2-11-21-13-19/h2-5,8-9,11,13,16-17H,6-7,10,12,14H2,1H3,(H,22,25)/t16-,17+/m1/s1. The Bertz CT molecular complexity index is 750. The van der Waals surface area contributed by atoms with Gasteiger partial charge in [0.05, 0.1) is 6.20 Å². The molecule has 2 atom stereocenters. The summed E-state index contributed by atoms with van der Waals surface area (Å²) in [7, 11) is 2.19. The molecular formula is C20H24N4O2. The number of pyridine rings is 1. The molecule has 2 aromatic rings. The Morgan fingerprint density at radius 1 is 1.12 bits per heavy atom. The van der Waals surface area contributed by atoms with Crippen molar-refractivity contribution in [2.24, 2.45) is 0 Å². The molecule has 1 aromatic carbocycles. The molecule has 4 rings (SSSR count). The normalized spacial score (nSPS) is 22.7. The molecule has 1 aromatic heterocycles. The van der Waals surface area contributed by atoms with Crippen LogP contribution in [0.15, 0.2) is 48.8 Å². The number of aromatic nitrogens is 1. The summed E-state index contributed by atoms with van der Waals surface area (Å²) in [6.45, 7) is 1.63. The number of urea groups is 1. The van der Waals surface area contributed by atoms with Gasteiger partial charge in [-0.05, 0) is 62.7 Å². The van der Waals surface area contributed by atoms with Gasteiger partial charge >= 0.3 is 6.03 Å². The number of ether oxygens (including phenoxy) is 1. The van der Waals surface area contributed by atoms with E-state index in [0.717, 1.165) is 25.2 Å². The summed E-state index contributed by atoms with van der Waals surface area (Å²) in [6.07, 6.45) is 6.87. The predicted molar refractivity (Wildman–Crippen MR) is 101 cm³/mol. The maximum Gasteiger partial charge on any atom is 0.321 e. The summed E-state index contributed by atoms with van der Waals surface area (Å²) >= 11 is 0. The first-order valence-electron chi connectivity index (χ1n) is 9.15. The largest absolute Gasteiger partial charge is 0.456 e. The van der Waals surface area contributed by atoms with Crippen molar-refractivity contribution in [1.82, 2.24) is 14.8 Å². The molecule has 2 bridgehead atoms. The molecule has 6 nitrogen and oxygen atoms in total. The predicted octanol–water partition coefficient (Wildman–Crippen LogP) is 3.57. The highest BCUT2D eigenvalue weighted by Gasteiger charge is 2.35. The molecular weight excluding hydrogens is 328 g/mol. The van der Waals surface area contributed by atoms with Gasteiger partial charge in [0, 0.05) is 37.1 Å². The summed E-state index contributed by atoms with van der Waals surface area (Å²) < 4.78 is 5.73. The quantitative estimate of drug-likeness (QED) is 0.917. The van der Waals surface area contributed by atoms with Gasteiger partial charge in [0.1, 0.15) is 11.5 Å². The van der Waals surface area contributed by atoms with Gasteiger partial charge in [-0.2, -0.15) is 0 Å². The van der Waals surface area contributed by atoms with Gasteiger partial charge in [0.15, 0.2) is 0 Å². The lowest BCUT2D eigenvalue weighted by Crippen LogP contribution is -2.41. The number of carbonyl (C=O) groups excluding carboxylic acids is 1. The molecule has 2 aliphatic heterocycles. The van der Waals surface area contributed by atoms with Gasteiger partial charge in [-0.3, -0.25) is 9.88 Å². The van der Waals surface area contributed by atoms with Crippen molar-refractivity contribution in [3.63, 3.8) is 0 Å². The lowest BCUT2D eigenvalue weighted by molar-refractivity contribution is 0.200. The van der Waals surface area contributed by atoms with Crippen LogP contribution in [0.1, 0.15) is 19.3 Å². The molecule has 1 N–H and O–H groups in total. The average molecular weight is 352 g/mol. The Balaban J connectivity index is 1.36. The van der Waals surface area contributed by atoms with Gasteiger partial charge in [-0.1, -0.05) is 0 Å². The third-order valence-electron chi connectivity index (χ3n) is 5.41. The molecule has 26 heavy (non-hydrogen) atoms. The second kappa shape index (κ2) is 7.33. The van der Waals surface area contributed by atoms with E-state index in [4.69, 9.17) is 4.74 Å². The second-order valence-corrected chi connectivity index (χ2v) is 7.03. The molecule has 136 valence electrons. The SMILES string of the molecule is CN1[C@@H]2CC[C@H]1CN(C(=O)Nc1ccc(Oc3cccnc3)cc1)CC2. The van der Waals surface area contributed by atoms with Crippen molar-refractivity contribution >= 4 is 11.7 Å². The molecule has 0 unspecified atom stereocenters. The van der Waals surface area contributed by atoms with E-state index in [1.165, 1.54) is 12.8 Å². The van der Waals surface area contributed by atoms with Crippen LogP contribution in [0.4, 0.5) is 10.5 Å². The number of anilines is 1. The molecule has 0 spiro atoms. The van der Waals surface area contributed by atoms with Crippen LogP contribution in [-0.4, -0.2) is 53.0 Å². The highest BCUT2D eigenvalue weighted by atomic mass is 16.5. The fourth-order valence-corrected chi connectivity index (χ4v) is 3.85. The Labute approximate surface area is 153 Å². The lowest BCUT2D eigenvalue weighted by Gasteiger charge is -2.26. The minimum Gasteiger partial charge on any atom is -0.456 e. The molecule has 3 heterocycles. The van der Waals surface area contributed by atoms with Gasteiger partial charge in [0.25, 0.3) is 0 Å². The van der Waals surface area contributed by atoms with Crippen LogP contribution in [0.5, 0.6) is 11.5 Å². The number of hydrogen-bond acceptors (Lipinski definition) is 4. The van der Waals surface area contributed by atoms with E-state index in [-0.39, 0.29) is 6.03 Å². The van der Waals surface area contributed by atoms with Gasteiger partial charge in [0.2, 0.25) is 0 Å². The monoisotopic (exact) mass is 352 g/mol. The summed E-state index contributed by atoms with van der Waals surface area (Å²) in [6, 6.07) is 12.2. The highest BCUT2D eigenvalue weighted by molar-refractivity contribution is 5.89. The Morgan fingerprint density at radius 2 is 1.92 bits per heavy atom. The summed E-state index contributed by atoms with van der Waals surface area (Å²) in [5, 5.41) is 3.01. The number of likely N-dealkylation sites (N-methyl/N-ethyl adjacent to an activating group) is 1. The fourth-order valence-electron chi connectivity index (χ4n) is 3.85. The molecule has 2 aliphatic rings. The van der Waals surface area contributed by atoms with E-state index >= 15 is 0 Å². The minimum absolute atomic E-state index is 0.0214. The van der Waals surface area contributed by atoms with E-state index in [1.807, 2.05) is 41.3 Å². The number of amides is 2. The Kier molecular flexibility index (Phi) is 4.75. The van der Waals surface area contributed by atoms with Crippen LogP contribution >= 0.6 is 0 Å². The number of fused-ring (bicyclic) bond motifs is 2. The van der Waals surface area contributed by atoms with Crippen LogP contribution in [0.3, 0.4) is 0 Å². The van der Waals surface area contributed by atoms with Gasteiger partial charge in [-0.25, -0.2) is 4.79 Å². The number of carbonyl (C=O) groups is 1. The third-order valence-corrected chi connectivity index (χ3v) is 5.41. The summed E-state index contributed by atoms with van der Waals surface area (Å²) in [5.41, 5.74) is 0.774. The maximum atomic E-state index is 12.6. The third kappa shape index (κ3) is 3.65. The van der Waals surface area contributed by atoms with Gasteiger partial charge in [-0.15, -0.1) is 0 Å². The zero-order chi connectivity index (χ0) is 17.9. The molecule has 2 saturated heterocycles. The zero-order valence-electron chi connectivity index (χ0n) is 15.0. The van der Waals surface area contributed by atoms with Crippen LogP contribution < -0.4 is 10.1 Å². The lowest BCUT2D eigenvalue weighted by atomic mass is 10.1. The smallest absolute Gasteiger partial charge is 0.321 e. The molecule has 2 fully saturated rings. The van der Waals surface area contributed by atoms with Crippen molar-refractivity contribution in [1.29, 1.82) is 0 Å². The van der Waals surface area contributed by atoms with Crippen molar-refractivity contribution in [3.05, 3.63) is 48.8 Å².